The van der Waals surface area contributed by atoms with Crippen LogP contribution in [0.3, 0.4) is 0 Å². The first kappa shape index (κ1) is 8.99. The summed E-state index contributed by atoms with van der Waals surface area (Å²) in [7, 11) is 0. The molecule has 0 amide bonds. The number of carbonyl (C=O) groups is 1. The lowest BCUT2D eigenvalue weighted by Gasteiger charge is -2.04. The van der Waals surface area contributed by atoms with Crippen LogP contribution in [0.25, 0.3) is 0 Å². The normalized spacial score (nSPS) is 10.2. The van der Waals surface area contributed by atoms with Crippen LogP contribution in [0.1, 0.15) is 24.3 Å². The van der Waals surface area contributed by atoms with Crippen molar-refractivity contribution in [3.63, 3.8) is 0 Å². The van der Waals surface area contributed by atoms with Gasteiger partial charge in [-0.05, 0) is 13.8 Å². The maximum Gasteiger partial charge on any atom is 0.358 e. The van der Waals surface area contributed by atoms with Crippen LogP contribution in [0, 0.1) is 0 Å². The van der Waals surface area contributed by atoms with Gasteiger partial charge in [-0.3, -0.25) is 5.11 Å². The average molecular weight is 186 g/mol. The molecule has 0 atom stereocenters. The second-order valence-corrected chi connectivity index (χ2v) is 3.27. The van der Waals surface area contributed by atoms with Gasteiger partial charge in [-0.15, -0.1) is 0 Å². The van der Waals surface area contributed by atoms with Crippen molar-refractivity contribution in [2.45, 2.75) is 20.0 Å². The predicted octanol–water partition coefficient (Wildman–Crippen LogP) is 1.85. The summed E-state index contributed by atoms with van der Waals surface area (Å²) in [5.41, 5.74) is 0.0960. The highest BCUT2D eigenvalue weighted by Gasteiger charge is 2.13. The number of hydrogen-bond acceptors (Lipinski definition) is 4. The Morgan fingerprint density at radius 2 is 2.33 bits per heavy atom. The van der Waals surface area contributed by atoms with E-state index in [9.17, 15) is 9.90 Å². The quantitative estimate of drug-likeness (QED) is 0.662. The zero-order valence-electron chi connectivity index (χ0n) is 6.73. The Morgan fingerprint density at radius 1 is 1.67 bits per heavy atom. The van der Waals surface area contributed by atoms with Crippen LogP contribution < -0.4 is 0 Å². The molecule has 0 spiro atoms. The van der Waals surface area contributed by atoms with Crippen LogP contribution in [0.5, 0.6) is 5.19 Å². The standard InChI is InChI=1S/C7H8NO3S/c1-4(2)11-6(9)5-3-12-7(10)8-5/h3-4H,1-2H3. The van der Waals surface area contributed by atoms with Gasteiger partial charge in [0.15, 0.2) is 5.69 Å². The van der Waals surface area contributed by atoms with Crippen molar-refractivity contribution >= 4 is 17.3 Å². The highest BCUT2D eigenvalue weighted by Crippen LogP contribution is 2.17. The summed E-state index contributed by atoms with van der Waals surface area (Å²) in [6.45, 7) is 3.48. The van der Waals surface area contributed by atoms with Crippen LogP contribution in [0.15, 0.2) is 5.38 Å². The van der Waals surface area contributed by atoms with Crippen LogP contribution in [0.2, 0.25) is 0 Å². The third kappa shape index (κ3) is 2.20. The molecule has 1 radical (unpaired) electrons. The topological polar surface area (TPSA) is 59.1 Å². The van der Waals surface area contributed by atoms with Gasteiger partial charge in [0.25, 0.3) is 0 Å². The van der Waals surface area contributed by atoms with Crippen molar-refractivity contribution in [1.82, 2.24) is 4.98 Å². The molecule has 12 heavy (non-hydrogen) atoms. The molecule has 5 heteroatoms. The first-order valence-electron chi connectivity index (χ1n) is 3.43. The van der Waals surface area contributed by atoms with Crippen molar-refractivity contribution in [1.29, 1.82) is 0 Å². The number of aromatic nitrogens is 1. The van der Waals surface area contributed by atoms with Crippen molar-refractivity contribution in [2.75, 3.05) is 0 Å². The monoisotopic (exact) mass is 186 g/mol. The van der Waals surface area contributed by atoms with Gasteiger partial charge >= 0.3 is 11.2 Å². The number of carbonyl (C=O) groups excluding carboxylic acids is 1. The molecule has 1 aromatic rings. The molecule has 1 heterocycles. The fraction of sp³-hybridized carbons (Fsp3) is 0.429. The molecule has 1 aromatic heterocycles. The largest absolute Gasteiger partial charge is 0.458 e. The van der Waals surface area contributed by atoms with E-state index in [2.05, 4.69) is 4.98 Å². The summed E-state index contributed by atoms with van der Waals surface area (Å²) >= 11 is 0.892. The van der Waals surface area contributed by atoms with E-state index in [-0.39, 0.29) is 17.0 Å². The second-order valence-electron chi connectivity index (χ2n) is 2.45. The summed E-state index contributed by atoms with van der Waals surface area (Å²) < 4.78 is 4.82. The van der Waals surface area contributed by atoms with Gasteiger partial charge in [0.1, 0.15) is 0 Å². The number of rotatable bonds is 2. The van der Waals surface area contributed by atoms with E-state index in [1.54, 1.807) is 13.8 Å². The maximum absolute atomic E-state index is 11.1. The SMILES string of the molecule is CC(C)OC(=O)c1csc([O])n1. The molecular weight excluding hydrogens is 178 g/mol. The smallest absolute Gasteiger partial charge is 0.358 e. The molecule has 0 aliphatic rings. The molecule has 0 bridgehead atoms. The first-order valence-corrected chi connectivity index (χ1v) is 4.31. The molecule has 0 N–H and O–H groups in total. The summed E-state index contributed by atoms with van der Waals surface area (Å²) in [4.78, 5) is 14.5. The van der Waals surface area contributed by atoms with Gasteiger partial charge in [0.2, 0.25) is 0 Å². The highest BCUT2D eigenvalue weighted by atomic mass is 32.1. The Hall–Kier alpha value is -1.10. The third-order valence-corrected chi connectivity index (χ3v) is 1.67. The molecule has 0 saturated carbocycles. The van der Waals surface area contributed by atoms with Crippen molar-refractivity contribution in [3.8, 4) is 5.19 Å². The molecular formula is C7H8NO3S. The molecule has 0 aliphatic heterocycles. The Labute approximate surface area is 73.8 Å². The summed E-state index contributed by atoms with van der Waals surface area (Å²) in [5, 5.41) is 11.6. The molecule has 0 unspecified atom stereocenters. The number of nitrogens with zero attached hydrogens (tertiary/aromatic N) is 1. The van der Waals surface area contributed by atoms with Gasteiger partial charge in [-0.1, -0.05) is 11.3 Å². The van der Waals surface area contributed by atoms with Crippen LogP contribution >= 0.6 is 11.3 Å². The van der Waals surface area contributed by atoms with Gasteiger partial charge in [0, 0.05) is 5.38 Å². The molecule has 0 aromatic carbocycles. The Kier molecular flexibility index (Phi) is 2.65. The summed E-state index contributed by atoms with van der Waals surface area (Å²) in [5.74, 6) is -0.539. The Bertz CT molecular complexity index is 282. The second kappa shape index (κ2) is 3.53. The molecule has 1 rings (SSSR count). The van der Waals surface area contributed by atoms with Crippen molar-refractivity contribution in [3.05, 3.63) is 11.1 Å². The zero-order valence-corrected chi connectivity index (χ0v) is 7.55. The zero-order chi connectivity index (χ0) is 9.14. The van der Waals surface area contributed by atoms with Gasteiger partial charge in [-0.25, -0.2) is 4.79 Å². The van der Waals surface area contributed by atoms with Crippen LogP contribution in [-0.4, -0.2) is 17.1 Å². The first-order chi connectivity index (χ1) is 5.59. The molecule has 4 nitrogen and oxygen atoms in total. The van der Waals surface area contributed by atoms with E-state index in [1.807, 2.05) is 0 Å². The number of hydrogen-bond donors (Lipinski definition) is 0. The maximum atomic E-state index is 11.1. The van der Waals surface area contributed by atoms with E-state index in [0.717, 1.165) is 11.3 Å². The van der Waals surface area contributed by atoms with Gasteiger partial charge in [-0.2, -0.15) is 4.98 Å². The van der Waals surface area contributed by atoms with E-state index < -0.39 is 5.97 Å². The minimum absolute atomic E-state index is 0.0960. The third-order valence-electron chi connectivity index (χ3n) is 1.03. The van der Waals surface area contributed by atoms with Crippen LogP contribution in [-0.2, 0) is 9.84 Å². The van der Waals surface area contributed by atoms with Crippen molar-refractivity contribution in [2.24, 2.45) is 0 Å². The van der Waals surface area contributed by atoms with Gasteiger partial charge in [0.05, 0.1) is 6.10 Å². The van der Waals surface area contributed by atoms with E-state index >= 15 is 0 Å². The number of ether oxygens (including phenoxy) is 1. The highest BCUT2D eigenvalue weighted by molar-refractivity contribution is 7.11. The van der Waals surface area contributed by atoms with E-state index in [0.29, 0.717) is 0 Å². The molecule has 65 valence electrons. The van der Waals surface area contributed by atoms with E-state index in [4.69, 9.17) is 4.74 Å². The summed E-state index contributed by atoms with van der Waals surface area (Å²) in [6.07, 6.45) is -0.186. The lowest BCUT2D eigenvalue weighted by Crippen LogP contribution is -2.11. The van der Waals surface area contributed by atoms with Crippen LogP contribution in [0.4, 0.5) is 0 Å². The van der Waals surface area contributed by atoms with E-state index in [1.165, 1.54) is 5.38 Å². The average Bonchev–Trinajstić information content (AvgIpc) is 2.34. The lowest BCUT2D eigenvalue weighted by molar-refractivity contribution is 0.0370. The number of thiazole rings is 1. The molecule has 0 aliphatic carbocycles. The lowest BCUT2D eigenvalue weighted by atomic mass is 10.4. The molecule has 0 fully saturated rings. The Morgan fingerprint density at radius 3 is 2.75 bits per heavy atom. The predicted molar refractivity (Wildman–Crippen MR) is 42.8 cm³/mol. The number of esters is 1. The summed E-state index contributed by atoms with van der Waals surface area (Å²) in [6, 6.07) is 0. The Balaban J connectivity index is 2.65. The van der Waals surface area contributed by atoms with Crippen molar-refractivity contribution < 1.29 is 14.6 Å². The fourth-order valence-corrected chi connectivity index (χ4v) is 1.14. The molecule has 0 saturated heterocycles. The minimum Gasteiger partial charge on any atom is -0.458 e. The minimum atomic E-state index is -0.539. The fourth-order valence-electron chi connectivity index (χ4n) is 0.625. The van der Waals surface area contributed by atoms with Gasteiger partial charge < -0.3 is 4.74 Å².